The number of halogens is 1. The van der Waals surface area contributed by atoms with Gasteiger partial charge >= 0.3 is 0 Å². The van der Waals surface area contributed by atoms with E-state index >= 15 is 0 Å². The van der Waals surface area contributed by atoms with Crippen LogP contribution in [0.15, 0.2) is 24.3 Å². The molecule has 122 valence electrons. The maximum absolute atomic E-state index is 12.2. The van der Waals surface area contributed by atoms with Crippen molar-refractivity contribution in [1.82, 2.24) is 5.32 Å². The Morgan fingerprint density at radius 2 is 2.00 bits per heavy atom. The average Bonchev–Trinajstić information content (AvgIpc) is 2.53. The standard InChI is InChI=1S/C17H25ClN2O2/c1-12(2)15(19)16(21)20-11-17(7-9-22-10-8-17)13-5-3-4-6-14(13)18/h3-6,12,15H,7-11,19H2,1-2H3,(H,20,21)/t15-/m0/s1. The highest BCUT2D eigenvalue weighted by atomic mass is 35.5. The van der Waals surface area contributed by atoms with Crippen LogP contribution in [0.1, 0.15) is 32.3 Å². The summed E-state index contributed by atoms with van der Waals surface area (Å²) in [5, 5.41) is 3.76. The molecule has 1 heterocycles. The van der Waals surface area contributed by atoms with Gasteiger partial charge in [0.25, 0.3) is 0 Å². The molecular weight excluding hydrogens is 300 g/mol. The molecule has 1 fully saturated rings. The number of ether oxygens (including phenoxy) is 1. The number of rotatable bonds is 5. The lowest BCUT2D eigenvalue weighted by molar-refractivity contribution is -0.123. The summed E-state index contributed by atoms with van der Waals surface area (Å²) in [7, 11) is 0. The number of nitrogens with two attached hydrogens (primary N) is 1. The molecule has 1 amide bonds. The molecule has 0 saturated carbocycles. The van der Waals surface area contributed by atoms with Crippen LogP contribution in [0.4, 0.5) is 0 Å². The number of nitrogens with one attached hydrogen (secondary N) is 1. The highest BCUT2D eigenvalue weighted by Gasteiger charge is 2.36. The number of hydrogen-bond acceptors (Lipinski definition) is 3. The van der Waals surface area contributed by atoms with Crippen molar-refractivity contribution < 1.29 is 9.53 Å². The molecule has 5 heteroatoms. The van der Waals surface area contributed by atoms with Gasteiger partial charge in [0.15, 0.2) is 0 Å². The van der Waals surface area contributed by atoms with Gasteiger partial charge in [-0.05, 0) is 30.4 Å². The Kier molecular flexibility index (Phi) is 5.84. The Morgan fingerprint density at radius 1 is 1.36 bits per heavy atom. The third-order valence-electron chi connectivity index (χ3n) is 4.52. The second-order valence-electron chi connectivity index (χ2n) is 6.36. The van der Waals surface area contributed by atoms with Crippen LogP contribution >= 0.6 is 11.6 Å². The van der Waals surface area contributed by atoms with Gasteiger partial charge < -0.3 is 15.8 Å². The number of carbonyl (C=O) groups is 1. The minimum atomic E-state index is -0.483. The molecule has 0 aliphatic carbocycles. The van der Waals surface area contributed by atoms with Gasteiger partial charge in [-0.25, -0.2) is 0 Å². The Labute approximate surface area is 137 Å². The number of amides is 1. The van der Waals surface area contributed by atoms with Crippen molar-refractivity contribution in [2.45, 2.75) is 38.1 Å². The number of benzene rings is 1. The lowest BCUT2D eigenvalue weighted by atomic mass is 9.74. The summed E-state index contributed by atoms with van der Waals surface area (Å²) in [6.45, 7) is 5.79. The molecule has 0 spiro atoms. The van der Waals surface area contributed by atoms with Gasteiger partial charge in [-0.2, -0.15) is 0 Å². The summed E-state index contributed by atoms with van der Waals surface area (Å²) in [6.07, 6.45) is 1.68. The Morgan fingerprint density at radius 3 is 2.59 bits per heavy atom. The highest BCUT2D eigenvalue weighted by molar-refractivity contribution is 6.31. The molecule has 0 unspecified atom stereocenters. The first-order chi connectivity index (χ1) is 10.5. The van der Waals surface area contributed by atoms with Crippen LogP contribution in [0.3, 0.4) is 0 Å². The van der Waals surface area contributed by atoms with Crippen LogP contribution in [0.25, 0.3) is 0 Å². The summed E-state index contributed by atoms with van der Waals surface area (Å²) < 4.78 is 5.50. The van der Waals surface area contributed by atoms with Crippen LogP contribution in [-0.2, 0) is 14.9 Å². The van der Waals surface area contributed by atoms with Crippen molar-refractivity contribution in [2.75, 3.05) is 19.8 Å². The monoisotopic (exact) mass is 324 g/mol. The number of hydrogen-bond donors (Lipinski definition) is 2. The van der Waals surface area contributed by atoms with Crippen molar-refractivity contribution in [2.24, 2.45) is 11.7 Å². The molecule has 2 rings (SSSR count). The van der Waals surface area contributed by atoms with E-state index in [1.807, 2.05) is 38.1 Å². The fourth-order valence-electron chi connectivity index (χ4n) is 2.87. The first-order valence-corrected chi connectivity index (χ1v) is 8.20. The maximum atomic E-state index is 12.2. The van der Waals surface area contributed by atoms with Crippen LogP contribution in [0, 0.1) is 5.92 Å². The predicted octanol–water partition coefficient (Wildman–Crippen LogP) is 2.49. The first-order valence-electron chi connectivity index (χ1n) is 7.82. The average molecular weight is 325 g/mol. The van der Waals surface area contributed by atoms with Gasteiger partial charge in [0, 0.05) is 30.2 Å². The van der Waals surface area contributed by atoms with Crippen LogP contribution < -0.4 is 11.1 Å². The Balaban J connectivity index is 2.17. The molecule has 1 aromatic carbocycles. The predicted molar refractivity (Wildman–Crippen MR) is 89.0 cm³/mol. The molecule has 22 heavy (non-hydrogen) atoms. The molecule has 1 aliphatic rings. The van der Waals surface area contributed by atoms with Gasteiger partial charge in [0.1, 0.15) is 0 Å². The largest absolute Gasteiger partial charge is 0.381 e. The summed E-state index contributed by atoms with van der Waals surface area (Å²) in [5.41, 5.74) is 6.83. The van der Waals surface area contributed by atoms with Gasteiger partial charge in [0.05, 0.1) is 6.04 Å². The third-order valence-corrected chi connectivity index (χ3v) is 4.85. The van der Waals surface area contributed by atoms with E-state index in [0.717, 1.165) is 23.4 Å². The molecule has 1 atom stereocenters. The van der Waals surface area contributed by atoms with Crippen molar-refractivity contribution in [1.29, 1.82) is 0 Å². The van der Waals surface area contributed by atoms with Crippen LogP contribution in [-0.4, -0.2) is 31.7 Å². The summed E-state index contributed by atoms with van der Waals surface area (Å²) in [5.74, 6) is 0.0128. The summed E-state index contributed by atoms with van der Waals surface area (Å²) in [6, 6.07) is 7.37. The first kappa shape index (κ1) is 17.3. The molecule has 4 nitrogen and oxygen atoms in total. The minimum Gasteiger partial charge on any atom is -0.381 e. The van der Waals surface area contributed by atoms with E-state index < -0.39 is 6.04 Å². The zero-order chi connectivity index (χ0) is 16.2. The molecule has 1 aromatic rings. The fourth-order valence-corrected chi connectivity index (χ4v) is 3.21. The second-order valence-corrected chi connectivity index (χ2v) is 6.77. The van der Waals surface area contributed by atoms with Crippen molar-refractivity contribution in [3.8, 4) is 0 Å². The lowest BCUT2D eigenvalue weighted by Gasteiger charge is -2.38. The van der Waals surface area contributed by atoms with Gasteiger partial charge in [-0.3, -0.25) is 4.79 Å². The molecule has 0 radical (unpaired) electrons. The molecule has 1 aliphatic heterocycles. The molecule has 0 aromatic heterocycles. The van der Waals surface area contributed by atoms with Crippen LogP contribution in [0.5, 0.6) is 0 Å². The van der Waals surface area contributed by atoms with Gasteiger partial charge in [-0.15, -0.1) is 0 Å². The van der Waals surface area contributed by atoms with Crippen LogP contribution in [0.2, 0.25) is 5.02 Å². The van der Waals surface area contributed by atoms with E-state index in [9.17, 15) is 4.79 Å². The highest BCUT2D eigenvalue weighted by Crippen LogP contribution is 2.38. The number of carbonyl (C=O) groups excluding carboxylic acids is 1. The van der Waals surface area contributed by atoms with E-state index in [2.05, 4.69) is 5.32 Å². The maximum Gasteiger partial charge on any atom is 0.237 e. The van der Waals surface area contributed by atoms with Crippen molar-refractivity contribution in [3.05, 3.63) is 34.9 Å². The molecular formula is C17H25ClN2O2. The minimum absolute atomic E-state index is 0.104. The lowest BCUT2D eigenvalue weighted by Crippen LogP contribution is -2.50. The zero-order valence-electron chi connectivity index (χ0n) is 13.3. The van der Waals surface area contributed by atoms with Gasteiger partial charge in [0.2, 0.25) is 5.91 Å². The molecule has 3 N–H and O–H groups in total. The quantitative estimate of drug-likeness (QED) is 0.874. The Hall–Kier alpha value is -1.10. The zero-order valence-corrected chi connectivity index (χ0v) is 14.0. The van der Waals surface area contributed by atoms with E-state index in [-0.39, 0.29) is 17.2 Å². The van der Waals surface area contributed by atoms with Crippen molar-refractivity contribution >= 4 is 17.5 Å². The summed E-state index contributed by atoms with van der Waals surface area (Å²) in [4.78, 5) is 12.2. The Bertz CT molecular complexity index is 513. The van der Waals surface area contributed by atoms with Gasteiger partial charge in [-0.1, -0.05) is 43.6 Å². The topological polar surface area (TPSA) is 64.4 Å². The molecule has 1 saturated heterocycles. The SMILES string of the molecule is CC(C)[C@H](N)C(=O)NCC1(c2ccccc2Cl)CCOCC1. The smallest absolute Gasteiger partial charge is 0.237 e. The van der Waals surface area contributed by atoms with Crippen molar-refractivity contribution in [3.63, 3.8) is 0 Å². The fraction of sp³-hybridized carbons (Fsp3) is 0.588. The summed E-state index contributed by atoms with van der Waals surface area (Å²) >= 11 is 6.40. The normalized spacial score (nSPS) is 19.0. The van der Waals surface area contributed by atoms with E-state index in [1.54, 1.807) is 0 Å². The van der Waals surface area contributed by atoms with E-state index in [0.29, 0.717) is 19.8 Å². The van der Waals surface area contributed by atoms with E-state index in [4.69, 9.17) is 22.1 Å². The third kappa shape index (κ3) is 3.80. The van der Waals surface area contributed by atoms with E-state index in [1.165, 1.54) is 0 Å². The molecule has 0 bridgehead atoms. The second kappa shape index (κ2) is 7.44.